The highest BCUT2D eigenvalue weighted by molar-refractivity contribution is 5.74. The third kappa shape index (κ3) is 17.6. The van der Waals surface area contributed by atoms with Gasteiger partial charge in [0.05, 0.1) is 0 Å². The van der Waals surface area contributed by atoms with Gasteiger partial charge in [-0.1, -0.05) is 91.4 Å². The number of nitrogens with one attached hydrogen (secondary N) is 1. The highest BCUT2D eigenvalue weighted by Crippen LogP contribution is 2.13. The second-order valence-corrected chi connectivity index (χ2v) is 7.49. The molecule has 0 heterocycles. The Balaban J connectivity index is 3.48. The fraction of sp³-hybridized carbons (Fsp3) is 0.950. The molecule has 0 aromatic rings. The molecule has 138 valence electrons. The zero-order valence-corrected chi connectivity index (χ0v) is 16.0. The van der Waals surface area contributed by atoms with E-state index < -0.39 is 0 Å². The van der Waals surface area contributed by atoms with Gasteiger partial charge in [-0.25, -0.2) is 0 Å². The Kier molecular flexibility index (Phi) is 15.9. The Morgan fingerprint density at radius 3 is 1.78 bits per heavy atom. The highest BCUT2D eigenvalue weighted by atomic mass is 16.1. The molecule has 3 N–H and O–H groups in total. The predicted molar refractivity (Wildman–Crippen MR) is 102 cm³/mol. The maximum Gasteiger partial charge on any atom is 0.218 e. The first-order valence-corrected chi connectivity index (χ1v) is 10.1. The molecule has 0 aliphatic rings. The summed E-state index contributed by atoms with van der Waals surface area (Å²) in [6.07, 6.45) is 16.5. The van der Waals surface area contributed by atoms with Gasteiger partial charge >= 0.3 is 0 Å². The average molecular weight is 327 g/mol. The summed E-state index contributed by atoms with van der Waals surface area (Å²) >= 11 is 0. The zero-order valence-electron chi connectivity index (χ0n) is 16.0. The summed E-state index contributed by atoms with van der Waals surface area (Å²) < 4.78 is 0. The molecule has 3 nitrogen and oxygen atoms in total. The van der Waals surface area contributed by atoms with Gasteiger partial charge in [-0.15, -0.1) is 0 Å². The van der Waals surface area contributed by atoms with Gasteiger partial charge in [-0.05, 0) is 18.9 Å². The molecule has 0 spiro atoms. The Morgan fingerprint density at radius 1 is 0.870 bits per heavy atom. The van der Waals surface area contributed by atoms with Crippen molar-refractivity contribution in [3.05, 3.63) is 0 Å². The molecular weight excluding hydrogens is 284 g/mol. The Morgan fingerprint density at radius 2 is 1.35 bits per heavy atom. The Bertz CT molecular complexity index is 266. The van der Waals surface area contributed by atoms with Crippen LogP contribution in [0.4, 0.5) is 0 Å². The largest absolute Gasteiger partial charge is 0.370 e. The fourth-order valence-corrected chi connectivity index (χ4v) is 2.98. The number of nitrogens with two attached hydrogens (primary N) is 1. The van der Waals surface area contributed by atoms with Gasteiger partial charge in [0.25, 0.3) is 0 Å². The molecule has 0 fully saturated rings. The van der Waals surface area contributed by atoms with E-state index in [-0.39, 0.29) is 11.9 Å². The third-order valence-electron chi connectivity index (χ3n) is 4.42. The molecule has 0 aromatic heterocycles. The predicted octanol–water partition coefficient (Wildman–Crippen LogP) is 5.18. The zero-order chi connectivity index (χ0) is 17.3. The van der Waals surface area contributed by atoms with Gasteiger partial charge in [0, 0.05) is 12.5 Å². The molecule has 0 rings (SSSR count). The lowest BCUT2D eigenvalue weighted by molar-refractivity contribution is -0.118. The molecule has 3 heteroatoms. The molecule has 23 heavy (non-hydrogen) atoms. The van der Waals surface area contributed by atoms with E-state index in [9.17, 15) is 4.79 Å². The minimum absolute atomic E-state index is 0.186. The second kappa shape index (κ2) is 16.3. The molecule has 1 atom stereocenters. The monoisotopic (exact) mass is 326 g/mol. The SMILES string of the molecule is CCCCCCCCCCCCCC(CC(N)=O)NCC(C)C. The van der Waals surface area contributed by atoms with Crippen LogP contribution in [0.3, 0.4) is 0 Å². The highest BCUT2D eigenvalue weighted by Gasteiger charge is 2.11. The van der Waals surface area contributed by atoms with Crippen LogP contribution in [0.5, 0.6) is 0 Å². The molecule has 0 bridgehead atoms. The van der Waals surface area contributed by atoms with Crippen LogP contribution >= 0.6 is 0 Å². The molecule has 0 aromatic carbocycles. The van der Waals surface area contributed by atoms with Crippen LogP contribution in [0.15, 0.2) is 0 Å². The van der Waals surface area contributed by atoms with Crippen LogP contribution in [0.25, 0.3) is 0 Å². The summed E-state index contributed by atoms with van der Waals surface area (Å²) in [5.41, 5.74) is 5.35. The van der Waals surface area contributed by atoms with Crippen molar-refractivity contribution < 1.29 is 4.79 Å². The van der Waals surface area contributed by atoms with Crippen molar-refractivity contribution in [1.82, 2.24) is 5.32 Å². The molecule has 0 aliphatic heterocycles. The van der Waals surface area contributed by atoms with Crippen molar-refractivity contribution in [2.24, 2.45) is 11.7 Å². The number of carbonyl (C=O) groups is 1. The lowest BCUT2D eigenvalue weighted by Gasteiger charge is -2.18. The maximum atomic E-state index is 11.1. The number of amides is 1. The minimum Gasteiger partial charge on any atom is -0.370 e. The van der Waals surface area contributed by atoms with E-state index in [4.69, 9.17) is 5.73 Å². The topological polar surface area (TPSA) is 55.1 Å². The summed E-state index contributed by atoms with van der Waals surface area (Å²) in [5, 5.41) is 3.49. The summed E-state index contributed by atoms with van der Waals surface area (Å²) in [6.45, 7) is 7.62. The summed E-state index contributed by atoms with van der Waals surface area (Å²) in [5.74, 6) is 0.428. The minimum atomic E-state index is -0.186. The van der Waals surface area contributed by atoms with E-state index in [1.54, 1.807) is 0 Å². The lowest BCUT2D eigenvalue weighted by atomic mass is 10.0. The number of rotatable bonds is 17. The van der Waals surface area contributed by atoms with E-state index >= 15 is 0 Å². The smallest absolute Gasteiger partial charge is 0.218 e. The first kappa shape index (κ1) is 22.4. The van der Waals surface area contributed by atoms with Crippen molar-refractivity contribution in [3.8, 4) is 0 Å². The Hall–Kier alpha value is -0.570. The third-order valence-corrected chi connectivity index (χ3v) is 4.42. The van der Waals surface area contributed by atoms with Gasteiger partial charge in [-0.3, -0.25) is 4.79 Å². The van der Waals surface area contributed by atoms with E-state index in [0.717, 1.165) is 13.0 Å². The average Bonchev–Trinajstić information content (AvgIpc) is 2.49. The van der Waals surface area contributed by atoms with Crippen molar-refractivity contribution in [3.63, 3.8) is 0 Å². The van der Waals surface area contributed by atoms with Gasteiger partial charge < -0.3 is 11.1 Å². The normalized spacial score (nSPS) is 12.7. The van der Waals surface area contributed by atoms with Gasteiger partial charge in [0.2, 0.25) is 5.91 Å². The number of primary amides is 1. The number of hydrogen-bond acceptors (Lipinski definition) is 2. The second-order valence-electron chi connectivity index (χ2n) is 7.49. The number of carbonyl (C=O) groups excluding carboxylic acids is 1. The van der Waals surface area contributed by atoms with Gasteiger partial charge in [-0.2, -0.15) is 0 Å². The van der Waals surface area contributed by atoms with Crippen molar-refractivity contribution in [1.29, 1.82) is 0 Å². The molecule has 0 saturated heterocycles. The summed E-state index contributed by atoms with van der Waals surface area (Å²) in [7, 11) is 0. The quantitative estimate of drug-likeness (QED) is 0.362. The molecule has 0 saturated carbocycles. The molecule has 1 unspecified atom stereocenters. The maximum absolute atomic E-state index is 11.1. The van der Waals surface area contributed by atoms with Crippen LogP contribution in [-0.4, -0.2) is 18.5 Å². The van der Waals surface area contributed by atoms with Crippen LogP contribution in [0.1, 0.15) is 104 Å². The fourth-order valence-electron chi connectivity index (χ4n) is 2.98. The Labute approximate surface area is 145 Å². The standard InChI is InChI=1S/C20H42N2O/c1-4-5-6-7-8-9-10-11-12-13-14-15-19(16-20(21)23)22-17-18(2)3/h18-19,22H,4-17H2,1-3H3,(H2,21,23). The molecule has 0 aliphatic carbocycles. The van der Waals surface area contributed by atoms with Gasteiger partial charge in [0.1, 0.15) is 0 Å². The van der Waals surface area contributed by atoms with E-state index in [2.05, 4.69) is 26.1 Å². The van der Waals surface area contributed by atoms with Crippen molar-refractivity contribution in [2.45, 2.75) is 110 Å². The molecular formula is C20H42N2O. The molecule has 1 amide bonds. The number of unbranched alkanes of at least 4 members (excludes halogenated alkanes) is 10. The summed E-state index contributed by atoms with van der Waals surface area (Å²) in [4.78, 5) is 11.1. The van der Waals surface area contributed by atoms with E-state index in [1.165, 1.54) is 70.6 Å². The number of hydrogen-bond donors (Lipinski definition) is 2. The van der Waals surface area contributed by atoms with Gasteiger partial charge in [0.15, 0.2) is 0 Å². The summed E-state index contributed by atoms with van der Waals surface area (Å²) in [6, 6.07) is 0.272. The van der Waals surface area contributed by atoms with Crippen LogP contribution < -0.4 is 11.1 Å². The van der Waals surface area contributed by atoms with Crippen molar-refractivity contribution in [2.75, 3.05) is 6.54 Å². The van der Waals surface area contributed by atoms with E-state index in [1.807, 2.05) is 0 Å². The van der Waals surface area contributed by atoms with Crippen LogP contribution in [-0.2, 0) is 4.79 Å². The van der Waals surface area contributed by atoms with Crippen LogP contribution in [0, 0.1) is 5.92 Å². The van der Waals surface area contributed by atoms with Crippen LogP contribution in [0.2, 0.25) is 0 Å². The lowest BCUT2D eigenvalue weighted by Crippen LogP contribution is -2.35. The van der Waals surface area contributed by atoms with Crippen molar-refractivity contribution >= 4 is 5.91 Å². The molecule has 0 radical (unpaired) electrons. The first-order valence-electron chi connectivity index (χ1n) is 10.1. The first-order chi connectivity index (χ1) is 11.1. The van der Waals surface area contributed by atoms with E-state index in [0.29, 0.717) is 12.3 Å².